The molecule has 0 radical (unpaired) electrons. The van der Waals surface area contributed by atoms with Gasteiger partial charge in [-0.3, -0.25) is 9.69 Å². The van der Waals surface area contributed by atoms with Crippen LogP contribution in [0.5, 0.6) is 5.88 Å². The second-order valence-corrected chi connectivity index (χ2v) is 7.66. The normalized spacial score (nSPS) is 16.1. The van der Waals surface area contributed by atoms with Crippen molar-refractivity contribution < 1.29 is 18.7 Å². The Morgan fingerprint density at radius 3 is 2.72 bits per heavy atom. The summed E-state index contributed by atoms with van der Waals surface area (Å²) in [7, 11) is 0. The number of aryl methyl sites for hydroxylation is 1. The Hall–Kier alpha value is -3.19. The topological polar surface area (TPSA) is 59.5 Å². The smallest absolute Gasteiger partial charge is 0.344 e. The SMILES string of the molecule is Cc1cccc(C(=O)Oc2cc(N3C(=O)CSC3c3ccc(F)cc3)ccn2)c1. The van der Waals surface area contributed by atoms with Gasteiger partial charge in [-0.15, -0.1) is 11.8 Å². The summed E-state index contributed by atoms with van der Waals surface area (Å²) in [5.74, 6) is -0.509. The Morgan fingerprint density at radius 2 is 1.97 bits per heavy atom. The quantitative estimate of drug-likeness (QED) is 0.594. The van der Waals surface area contributed by atoms with Crippen molar-refractivity contribution in [2.24, 2.45) is 0 Å². The van der Waals surface area contributed by atoms with Crippen LogP contribution in [-0.4, -0.2) is 22.6 Å². The van der Waals surface area contributed by atoms with Gasteiger partial charge in [-0.2, -0.15) is 0 Å². The van der Waals surface area contributed by atoms with Gasteiger partial charge < -0.3 is 4.74 Å². The van der Waals surface area contributed by atoms with Gasteiger partial charge in [0.1, 0.15) is 11.2 Å². The van der Waals surface area contributed by atoms with Crippen LogP contribution >= 0.6 is 11.8 Å². The van der Waals surface area contributed by atoms with Crippen LogP contribution < -0.4 is 9.64 Å². The van der Waals surface area contributed by atoms with Gasteiger partial charge in [0.25, 0.3) is 0 Å². The van der Waals surface area contributed by atoms with Crippen LogP contribution in [0, 0.1) is 12.7 Å². The van der Waals surface area contributed by atoms with Gasteiger partial charge in [0.2, 0.25) is 11.8 Å². The maximum absolute atomic E-state index is 13.3. The first-order valence-corrected chi connectivity index (χ1v) is 10.0. The van der Waals surface area contributed by atoms with E-state index in [4.69, 9.17) is 4.74 Å². The molecule has 0 N–H and O–H groups in total. The van der Waals surface area contributed by atoms with Crippen molar-refractivity contribution in [2.45, 2.75) is 12.3 Å². The Morgan fingerprint density at radius 1 is 1.17 bits per heavy atom. The Balaban J connectivity index is 1.59. The maximum Gasteiger partial charge on any atom is 0.344 e. The first-order chi connectivity index (χ1) is 14.0. The minimum absolute atomic E-state index is 0.0773. The fraction of sp³-hybridized carbons (Fsp3) is 0.136. The van der Waals surface area contributed by atoms with E-state index in [1.807, 2.05) is 13.0 Å². The van der Waals surface area contributed by atoms with Crippen molar-refractivity contribution in [2.75, 3.05) is 10.7 Å². The van der Waals surface area contributed by atoms with Gasteiger partial charge in [-0.25, -0.2) is 14.2 Å². The molecule has 1 unspecified atom stereocenters. The van der Waals surface area contributed by atoms with Crippen LogP contribution in [0.3, 0.4) is 0 Å². The van der Waals surface area contributed by atoms with Gasteiger partial charge in [0.05, 0.1) is 17.0 Å². The summed E-state index contributed by atoms with van der Waals surface area (Å²) in [5.41, 5.74) is 2.76. The summed E-state index contributed by atoms with van der Waals surface area (Å²) in [4.78, 5) is 30.6. The number of hydrogen-bond donors (Lipinski definition) is 0. The molecule has 1 saturated heterocycles. The number of aromatic nitrogens is 1. The maximum atomic E-state index is 13.3. The number of pyridine rings is 1. The number of carbonyl (C=O) groups is 2. The zero-order valence-corrected chi connectivity index (χ0v) is 16.4. The Kier molecular flexibility index (Phi) is 5.31. The van der Waals surface area contributed by atoms with Gasteiger partial charge in [0, 0.05) is 12.3 Å². The standard InChI is InChI=1S/C22H17FN2O3S/c1-14-3-2-4-16(11-14)22(27)28-19-12-18(9-10-24-19)25-20(26)13-29-21(25)15-5-7-17(23)8-6-15/h2-12,21H,13H2,1H3. The number of amides is 1. The van der Waals surface area contributed by atoms with Crippen LogP contribution in [0.1, 0.15) is 26.9 Å². The zero-order chi connectivity index (χ0) is 20.4. The summed E-state index contributed by atoms with van der Waals surface area (Å²) in [5, 5.41) is -0.286. The highest BCUT2D eigenvalue weighted by Crippen LogP contribution is 2.42. The molecule has 1 aromatic heterocycles. The van der Waals surface area contributed by atoms with E-state index in [1.165, 1.54) is 30.1 Å². The number of rotatable bonds is 4. The van der Waals surface area contributed by atoms with Crippen molar-refractivity contribution in [3.63, 3.8) is 0 Å². The minimum atomic E-state index is -0.518. The molecular formula is C22H17FN2O3S. The molecule has 0 bridgehead atoms. The van der Waals surface area contributed by atoms with E-state index in [0.717, 1.165) is 11.1 Å². The number of anilines is 1. The number of carbonyl (C=O) groups excluding carboxylic acids is 2. The third-order valence-corrected chi connectivity index (χ3v) is 5.68. The summed E-state index contributed by atoms with van der Waals surface area (Å²) >= 11 is 1.46. The lowest BCUT2D eigenvalue weighted by Gasteiger charge is -2.24. The van der Waals surface area contributed by atoms with E-state index in [9.17, 15) is 14.0 Å². The van der Waals surface area contributed by atoms with Crippen molar-refractivity contribution >= 4 is 29.3 Å². The van der Waals surface area contributed by atoms with E-state index in [1.54, 1.807) is 47.4 Å². The van der Waals surface area contributed by atoms with Crippen molar-refractivity contribution in [1.82, 2.24) is 4.98 Å². The number of esters is 1. The molecule has 2 heterocycles. The third-order valence-electron chi connectivity index (χ3n) is 4.47. The molecule has 29 heavy (non-hydrogen) atoms. The van der Waals surface area contributed by atoms with Crippen LogP contribution in [0.25, 0.3) is 0 Å². The number of hydrogen-bond acceptors (Lipinski definition) is 5. The summed E-state index contributed by atoms with van der Waals surface area (Å²) in [6.07, 6.45) is 1.49. The van der Waals surface area contributed by atoms with E-state index in [0.29, 0.717) is 17.0 Å². The minimum Gasteiger partial charge on any atom is -0.404 e. The average molecular weight is 408 g/mol. The Labute approximate surface area is 171 Å². The highest BCUT2D eigenvalue weighted by Gasteiger charge is 2.34. The molecule has 3 aromatic rings. The molecule has 146 valence electrons. The lowest BCUT2D eigenvalue weighted by molar-refractivity contribution is -0.115. The molecule has 0 saturated carbocycles. The largest absolute Gasteiger partial charge is 0.404 e. The molecule has 2 aromatic carbocycles. The number of benzene rings is 2. The van der Waals surface area contributed by atoms with Crippen LogP contribution in [0.15, 0.2) is 66.9 Å². The fourth-order valence-electron chi connectivity index (χ4n) is 3.11. The Bertz CT molecular complexity index is 1070. The molecule has 1 amide bonds. The summed E-state index contributed by atoms with van der Waals surface area (Å²) < 4.78 is 18.7. The molecule has 1 fully saturated rings. The molecule has 0 aliphatic carbocycles. The van der Waals surface area contributed by atoms with Crippen molar-refractivity contribution in [3.8, 4) is 5.88 Å². The van der Waals surface area contributed by atoms with E-state index in [-0.39, 0.29) is 23.0 Å². The van der Waals surface area contributed by atoms with E-state index < -0.39 is 5.97 Å². The molecule has 0 spiro atoms. The number of halogens is 1. The zero-order valence-electron chi connectivity index (χ0n) is 15.5. The lowest BCUT2D eigenvalue weighted by atomic mass is 10.1. The van der Waals surface area contributed by atoms with Crippen LogP contribution in [0.2, 0.25) is 0 Å². The average Bonchev–Trinajstić information content (AvgIpc) is 3.10. The molecular weight excluding hydrogens is 391 g/mol. The second-order valence-electron chi connectivity index (χ2n) is 6.59. The fourth-order valence-corrected chi connectivity index (χ4v) is 4.29. The van der Waals surface area contributed by atoms with Gasteiger partial charge >= 0.3 is 5.97 Å². The van der Waals surface area contributed by atoms with Gasteiger partial charge in [-0.1, -0.05) is 29.8 Å². The number of ether oxygens (including phenoxy) is 1. The molecule has 1 aliphatic rings. The lowest BCUT2D eigenvalue weighted by Crippen LogP contribution is -2.28. The molecule has 7 heteroatoms. The summed E-state index contributed by atoms with van der Waals surface area (Å²) in [6.45, 7) is 1.89. The number of thioether (sulfide) groups is 1. The number of nitrogens with zero attached hydrogens (tertiary/aromatic N) is 2. The molecule has 5 nitrogen and oxygen atoms in total. The van der Waals surface area contributed by atoms with Gasteiger partial charge in [0.15, 0.2) is 0 Å². The monoisotopic (exact) mass is 408 g/mol. The van der Waals surface area contributed by atoms with Crippen molar-refractivity contribution in [3.05, 3.63) is 89.4 Å². The highest BCUT2D eigenvalue weighted by atomic mass is 32.2. The predicted octanol–water partition coefficient (Wildman–Crippen LogP) is 4.53. The predicted molar refractivity (Wildman–Crippen MR) is 109 cm³/mol. The first-order valence-electron chi connectivity index (χ1n) is 8.95. The molecule has 1 aliphatic heterocycles. The van der Waals surface area contributed by atoms with E-state index >= 15 is 0 Å². The first kappa shape index (κ1) is 19.1. The third kappa shape index (κ3) is 4.14. The second kappa shape index (κ2) is 8.05. The highest BCUT2D eigenvalue weighted by molar-refractivity contribution is 8.00. The summed E-state index contributed by atoms with van der Waals surface area (Å²) in [6, 6.07) is 16.4. The van der Waals surface area contributed by atoms with Gasteiger partial charge in [-0.05, 0) is 42.8 Å². The molecule has 4 rings (SSSR count). The van der Waals surface area contributed by atoms with Crippen LogP contribution in [-0.2, 0) is 4.79 Å². The van der Waals surface area contributed by atoms with Crippen LogP contribution in [0.4, 0.5) is 10.1 Å². The van der Waals surface area contributed by atoms with E-state index in [2.05, 4.69) is 4.98 Å². The molecule has 1 atom stereocenters. The van der Waals surface area contributed by atoms with Crippen molar-refractivity contribution in [1.29, 1.82) is 0 Å².